The highest BCUT2D eigenvalue weighted by Crippen LogP contribution is 2.12. The molecule has 0 fully saturated rings. The second-order valence-corrected chi connectivity index (χ2v) is 4.48. The largest absolute Gasteiger partial charge is 0.313 e. The summed E-state index contributed by atoms with van der Waals surface area (Å²) in [5.74, 6) is 1.06. The Hall–Kier alpha value is -0.610. The van der Waals surface area contributed by atoms with E-state index in [-0.39, 0.29) is 0 Å². The first-order valence-corrected chi connectivity index (χ1v) is 6.47. The van der Waals surface area contributed by atoms with Gasteiger partial charge in [-0.25, -0.2) is 9.97 Å². The smallest absolute Gasteiger partial charge is 0.116 e. The Morgan fingerprint density at radius 3 is 2.80 bits per heavy atom. The van der Waals surface area contributed by atoms with Gasteiger partial charge in [0, 0.05) is 24.5 Å². The molecule has 1 rings (SSSR count). The van der Waals surface area contributed by atoms with Crippen LogP contribution in [0.4, 0.5) is 0 Å². The van der Waals surface area contributed by atoms with E-state index in [1.54, 1.807) is 24.3 Å². The van der Waals surface area contributed by atoms with E-state index in [1.165, 1.54) is 12.8 Å². The summed E-state index contributed by atoms with van der Waals surface area (Å²) >= 11 is 1.77. The number of thioether (sulfide) groups is 1. The van der Waals surface area contributed by atoms with E-state index in [9.17, 15) is 0 Å². The van der Waals surface area contributed by atoms with Gasteiger partial charge >= 0.3 is 0 Å². The normalized spacial score (nSPS) is 10.9. The second kappa shape index (κ2) is 7.65. The van der Waals surface area contributed by atoms with Crippen LogP contribution in [0.5, 0.6) is 0 Å². The molecule has 4 heteroatoms. The van der Waals surface area contributed by atoms with Crippen molar-refractivity contribution in [2.75, 3.05) is 12.3 Å². The zero-order valence-corrected chi connectivity index (χ0v) is 10.3. The molecule has 0 atom stereocenters. The van der Waals surface area contributed by atoms with Gasteiger partial charge in [0.1, 0.15) is 6.33 Å². The third-order valence-corrected chi connectivity index (χ3v) is 3.27. The first-order valence-electron chi connectivity index (χ1n) is 5.49. The van der Waals surface area contributed by atoms with Gasteiger partial charge in [-0.15, -0.1) is 11.8 Å². The van der Waals surface area contributed by atoms with Crippen LogP contribution in [-0.2, 0) is 0 Å². The van der Waals surface area contributed by atoms with Crippen molar-refractivity contribution in [3.05, 3.63) is 18.6 Å². The van der Waals surface area contributed by atoms with E-state index in [1.807, 2.05) is 6.07 Å². The highest BCUT2D eigenvalue weighted by molar-refractivity contribution is 7.99. The molecule has 0 bridgehead atoms. The first-order chi connectivity index (χ1) is 7.36. The molecule has 0 aromatic carbocycles. The summed E-state index contributed by atoms with van der Waals surface area (Å²) < 4.78 is 0. The highest BCUT2D eigenvalue weighted by atomic mass is 32.2. The van der Waals surface area contributed by atoms with E-state index in [2.05, 4.69) is 29.1 Å². The van der Waals surface area contributed by atoms with Crippen LogP contribution >= 0.6 is 11.8 Å². The molecule has 0 aliphatic heterocycles. The van der Waals surface area contributed by atoms with E-state index in [0.29, 0.717) is 6.04 Å². The molecule has 3 nitrogen and oxygen atoms in total. The molecular formula is C11H19N3S. The maximum absolute atomic E-state index is 4.16. The lowest BCUT2D eigenvalue weighted by Gasteiger charge is -2.13. The van der Waals surface area contributed by atoms with Crippen molar-refractivity contribution in [1.29, 1.82) is 0 Å². The van der Waals surface area contributed by atoms with Gasteiger partial charge in [0.25, 0.3) is 0 Å². The van der Waals surface area contributed by atoms with Gasteiger partial charge in [0.05, 0.1) is 5.03 Å². The van der Waals surface area contributed by atoms with Gasteiger partial charge in [-0.2, -0.15) is 0 Å². The zero-order valence-electron chi connectivity index (χ0n) is 9.44. The second-order valence-electron chi connectivity index (χ2n) is 3.36. The summed E-state index contributed by atoms with van der Waals surface area (Å²) in [4.78, 5) is 8.05. The molecule has 0 unspecified atom stereocenters. The van der Waals surface area contributed by atoms with Crippen LogP contribution in [0.2, 0.25) is 0 Å². The van der Waals surface area contributed by atoms with Crippen molar-refractivity contribution in [1.82, 2.24) is 15.3 Å². The van der Waals surface area contributed by atoms with Gasteiger partial charge in [-0.1, -0.05) is 13.8 Å². The number of nitrogens with one attached hydrogen (secondary N) is 1. The summed E-state index contributed by atoms with van der Waals surface area (Å²) in [5, 5.41) is 4.58. The zero-order chi connectivity index (χ0) is 10.9. The van der Waals surface area contributed by atoms with Gasteiger partial charge in [0.15, 0.2) is 0 Å². The van der Waals surface area contributed by atoms with Crippen LogP contribution < -0.4 is 5.32 Å². The van der Waals surface area contributed by atoms with E-state index in [4.69, 9.17) is 0 Å². The van der Waals surface area contributed by atoms with Gasteiger partial charge in [0.2, 0.25) is 0 Å². The molecule has 15 heavy (non-hydrogen) atoms. The van der Waals surface area contributed by atoms with Crippen LogP contribution in [0, 0.1) is 0 Å². The van der Waals surface area contributed by atoms with Crippen LogP contribution in [0.3, 0.4) is 0 Å². The van der Waals surface area contributed by atoms with Gasteiger partial charge in [-0.05, 0) is 18.9 Å². The summed E-state index contributed by atoms with van der Waals surface area (Å²) in [5.41, 5.74) is 0. The molecule has 1 aromatic heterocycles. The maximum atomic E-state index is 4.16. The summed E-state index contributed by atoms with van der Waals surface area (Å²) in [7, 11) is 0. The van der Waals surface area contributed by atoms with Gasteiger partial charge in [-0.3, -0.25) is 0 Å². The molecule has 0 spiro atoms. The summed E-state index contributed by atoms with van der Waals surface area (Å²) in [6.45, 7) is 5.48. The number of hydrogen-bond acceptors (Lipinski definition) is 4. The van der Waals surface area contributed by atoms with Crippen molar-refractivity contribution in [3.63, 3.8) is 0 Å². The first kappa shape index (κ1) is 12.5. The van der Waals surface area contributed by atoms with E-state index >= 15 is 0 Å². The Bertz CT molecular complexity index is 249. The Morgan fingerprint density at radius 2 is 2.20 bits per heavy atom. The van der Waals surface area contributed by atoms with E-state index in [0.717, 1.165) is 17.3 Å². The van der Waals surface area contributed by atoms with Crippen molar-refractivity contribution in [3.8, 4) is 0 Å². The predicted molar refractivity (Wildman–Crippen MR) is 65.1 cm³/mol. The Balaban J connectivity index is 2.12. The number of aromatic nitrogens is 2. The third-order valence-electron chi connectivity index (χ3n) is 2.33. The number of nitrogens with zero attached hydrogens (tertiary/aromatic N) is 2. The Morgan fingerprint density at radius 1 is 1.40 bits per heavy atom. The molecule has 0 saturated heterocycles. The fraction of sp³-hybridized carbons (Fsp3) is 0.636. The monoisotopic (exact) mass is 225 g/mol. The van der Waals surface area contributed by atoms with E-state index < -0.39 is 0 Å². The average Bonchev–Trinajstić information content (AvgIpc) is 2.31. The van der Waals surface area contributed by atoms with Crippen molar-refractivity contribution in [2.45, 2.75) is 37.8 Å². The lowest BCUT2D eigenvalue weighted by atomic mass is 10.2. The van der Waals surface area contributed by atoms with Crippen LogP contribution in [0.15, 0.2) is 23.6 Å². The lowest BCUT2D eigenvalue weighted by Crippen LogP contribution is -2.29. The van der Waals surface area contributed by atoms with Crippen molar-refractivity contribution < 1.29 is 0 Å². The minimum absolute atomic E-state index is 0.663. The molecule has 1 heterocycles. The minimum Gasteiger partial charge on any atom is -0.313 e. The maximum Gasteiger partial charge on any atom is 0.116 e. The third kappa shape index (κ3) is 5.14. The van der Waals surface area contributed by atoms with Crippen LogP contribution in [0.25, 0.3) is 0 Å². The molecule has 0 aliphatic carbocycles. The topological polar surface area (TPSA) is 37.8 Å². The number of hydrogen-bond donors (Lipinski definition) is 1. The van der Waals surface area contributed by atoms with Gasteiger partial charge < -0.3 is 5.32 Å². The molecule has 1 aromatic rings. The fourth-order valence-electron chi connectivity index (χ4n) is 1.36. The average molecular weight is 225 g/mol. The molecule has 84 valence electrons. The summed E-state index contributed by atoms with van der Waals surface area (Å²) in [6.07, 6.45) is 5.78. The Labute approximate surface area is 96.1 Å². The predicted octanol–water partition coefficient (Wildman–Crippen LogP) is 2.35. The molecule has 0 amide bonds. The quantitative estimate of drug-likeness (QED) is 0.439. The van der Waals surface area contributed by atoms with Crippen molar-refractivity contribution >= 4 is 11.8 Å². The van der Waals surface area contributed by atoms with Crippen molar-refractivity contribution in [2.24, 2.45) is 0 Å². The molecular weight excluding hydrogens is 206 g/mol. The minimum atomic E-state index is 0.663. The lowest BCUT2D eigenvalue weighted by molar-refractivity contribution is 0.501. The SMILES string of the molecule is CCC(CC)NCCSc1ccncn1. The van der Waals surface area contributed by atoms with Crippen LogP contribution in [-0.4, -0.2) is 28.3 Å². The molecule has 0 saturated carbocycles. The fourth-order valence-corrected chi connectivity index (χ4v) is 2.07. The summed E-state index contributed by atoms with van der Waals surface area (Å²) in [6, 6.07) is 2.61. The molecule has 0 radical (unpaired) electrons. The molecule has 0 aliphatic rings. The standard InChI is InChI=1S/C11H19N3S/c1-3-10(4-2)13-7-8-15-11-5-6-12-9-14-11/h5-6,9-10,13H,3-4,7-8H2,1-2H3. The number of rotatable bonds is 7. The Kier molecular flexibility index (Phi) is 6.36. The van der Waals surface area contributed by atoms with Crippen LogP contribution in [0.1, 0.15) is 26.7 Å². The highest BCUT2D eigenvalue weighted by Gasteiger charge is 2.01. The molecule has 1 N–H and O–H groups in total.